The normalized spacial score (nSPS) is 10.5. The van der Waals surface area contributed by atoms with E-state index in [1.54, 1.807) is 13.2 Å². The number of ether oxygens (including phenoxy) is 2. The number of amides is 1. The number of fused-ring (bicyclic) bond motifs is 1. The Morgan fingerprint density at radius 2 is 2.08 bits per heavy atom. The van der Waals surface area contributed by atoms with E-state index in [1.807, 2.05) is 18.2 Å². The van der Waals surface area contributed by atoms with Crippen LogP contribution in [0.4, 0.5) is 10.2 Å². The predicted octanol–water partition coefficient (Wildman–Crippen LogP) is 2.60. The third-order valence-electron chi connectivity index (χ3n) is 3.15. The minimum atomic E-state index is -0.711. The fourth-order valence-electron chi connectivity index (χ4n) is 1.97. The van der Waals surface area contributed by atoms with Crippen molar-refractivity contribution in [3.05, 3.63) is 41.2 Å². The van der Waals surface area contributed by atoms with Gasteiger partial charge >= 0.3 is 6.01 Å². The summed E-state index contributed by atoms with van der Waals surface area (Å²) in [5, 5.41) is 0.888. The lowest BCUT2D eigenvalue weighted by atomic mass is 10.2. The Morgan fingerprint density at radius 3 is 2.83 bits per heavy atom. The van der Waals surface area contributed by atoms with Crippen LogP contribution in [-0.4, -0.2) is 30.1 Å². The fourth-order valence-corrected chi connectivity index (χ4v) is 2.91. The van der Waals surface area contributed by atoms with Gasteiger partial charge in [-0.2, -0.15) is 4.98 Å². The number of hydrazine groups is 1. The number of halogens is 1. The van der Waals surface area contributed by atoms with Crippen LogP contribution in [0.2, 0.25) is 0 Å². The Bertz CT molecular complexity index is 900. The molecule has 7 nitrogen and oxygen atoms in total. The third kappa shape index (κ3) is 3.20. The Morgan fingerprint density at radius 1 is 1.25 bits per heavy atom. The first kappa shape index (κ1) is 15.9. The van der Waals surface area contributed by atoms with Crippen LogP contribution >= 0.6 is 11.3 Å². The number of thiophene rings is 1. The van der Waals surface area contributed by atoms with Gasteiger partial charge in [0.05, 0.1) is 25.3 Å². The zero-order chi connectivity index (χ0) is 17.1. The number of carbonyl (C=O) groups is 1. The molecule has 0 aliphatic carbocycles. The Labute approximate surface area is 140 Å². The molecule has 2 N–H and O–H groups in total. The Hall–Kier alpha value is -2.94. The van der Waals surface area contributed by atoms with E-state index in [4.69, 9.17) is 9.47 Å². The van der Waals surface area contributed by atoms with Crippen LogP contribution in [0.15, 0.2) is 30.5 Å². The number of methoxy groups -OCH3 is 2. The lowest BCUT2D eigenvalue weighted by Crippen LogP contribution is -2.29. The molecule has 1 amide bonds. The second-order valence-corrected chi connectivity index (χ2v) is 5.73. The van der Waals surface area contributed by atoms with Gasteiger partial charge in [-0.25, -0.2) is 9.37 Å². The first-order valence-corrected chi connectivity index (χ1v) is 7.63. The second kappa shape index (κ2) is 6.67. The molecule has 9 heteroatoms. The molecule has 3 rings (SSSR count). The van der Waals surface area contributed by atoms with Gasteiger partial charge in [0.25, 0.3) is 5.91 Å². The lowest BCUT2D eigenvalue weighted by Gasteiger charge is -2.08. The van der Waals surface area contributed by atoms with Crippen LogP contribution in [0.5, 0.6) is 11.8 Å². The third-order valence-corrected chi connectivity index (χ3v) is 4.26. The molecule has 2 aromatic heterocycles. The second-order valence-electron chi connectivity index (χ2n) is 4.65. The molecule has 0 bridgehead atoms. The molecule has 0 radical (unpaired) electrons. The summed E-state index contributed by atoms with van der Waals surface area (Å²) in [5.74, 6) is -0.595. The topological polar surface area (TPSA) is 85.4 Å². The van der Waals surface area contributed by atoms with Crippen LogP contribution in [0.3, 0.4) is 0 Å². The van der Waals surface area contributed by atoms with Gasteiger partial charge in [0, 0.05) is 4.70 Å². The smallest absolute Gasteiger partial charge is 0.318 e. The predicted molar refractivity (Wildman–Crippen MR) is 88.0 cm³/mol. The van der Waals surface area contributed by atoms with Gasteiger partial charge in [0.2, 0.25) is 0 Å². The van der Waals surface area contributed by atoms with Crippen molar-refractivity contribution >= 4 is 33.1 Å². The molecule has 0 aliphatic rings. The number of aromatic nitrogens is 2. The monoisotopic (exact) mass is 348 g/mol. The van der Waals surface area contributed by atoms with Gasteiger partial charge in [-0.15, -0.1) is 11.3 Å². The van der Waals surface area contributed by atoms with Crippen molar-refractivity contribution in [3.8, 4) is 11.8 Å². The zero-order valence-corrected chi connectivity index (χ0v) is 13.6. The number of carbonyl (C=O) groups excluding carboxylic acids is 1. The van der Waals surface area contributed by atoms with Crippen molar-refractivity contribution in [2.45, 2.75) is 0 Å². The van der Waals surface area contributed by atoms with Crippen molar-refractivity contribution in [1.82, 2.24) is 15.4 Å². The van der Waals surface area contributed by atoms with E-state index >= 15 is 0 Å². The summed E-state index contributed by atoms with van der Waals surface area (Å²) in [4.78, 5) is 20.1. The summed E-state index contributed by atoms with van der Waals surface area (Å²) < 4.78 is 24.5. The maximum absolute atomic E-state index is 13.6. The van der Waals surface area contributed by atoms with Gasteiger partial charge in [0.1, 0.15) is 5.75 Å². The van der Waals surface area contributed by atoms with Crippen molar-refractivity contribution in [3.63, 3.8) is 0 Å². The standard InChI is InChI=1S/C15H13FN4O3S/c1-22-9-3-4-11-8(5-9)6-12(24-11)14(21)20-19-13-10(16)7-17-15(18-13)23-2/h3-7H,1-2H3,(H,20,21)(H,17,18,19). The number of anilines is 1. The summed E-state index contributed by atoms with van der Waals surface area (Å²) in [6.07, 6.45) is 0.950. The first-order chi connectivity index (χ1) is 11.6. The van der Waals surface area contributed by atoms with Gasteiger partial charge in [-0.05, 0) is 29.7 Å². The molecule has 0 saturated heterocycles. The van der Waals surface area contributed by atoms with Gasteiger partial charge in [-0.1, -0.05) is 0 Å². The maximum atomic E-state index is 13.6. The first-order valence-electron chi connectivity index (χ1n) is 6.81. The summed E-state index contributed by atoms with van der Waals surface area (Å²) in [6, 6.07) is 7.25. The number of hydrogen-bond donors (Lipinski definition) is 2. The molecule has 124 valence electrons. The summed E-state index contributed by atoms with van der Waals surface area (Å²) in [6.45, 7) is 0. The molecule has 1 aromatic carbocycles. The van der Waals surface area contributed by atoms with Crippen LogP contribution in [0.1, 0.15) is 9.67 Å². The molecule has 0 fully saturated rings. The largest absolute Gasteiger partial charge is 0.497 e. The molecule has 0 aliphatic heterocycles. The average molecular weight is 348 g/mol. The van der Waals surface area contributed by atoms with E-state index < -0.39 is 11.7 Å². The van der Waals surface area contributed by atoms with E-state index in [1.165, 1.54) is 18.4 Å². The highest BCUT2D eigenvalue weighted by Gasteiger charge is 2.13. The van der Waals surface area contributed by atoms with Gasteiger partial charge < -0.3 is 9.47 Å². The summed E-state index contributed by atoms with van der Waals surface area (Å²) in [5.41, 5.74) is 4.83. The number of hydrogen-bond acceptors (Lipinski definition) is 7. The molecule has 3 aromatic rings. The number of nitrogens with zero attached hydrogens (tertiary/aromatic N) is 2. The van der Waals surface area contributed by atoms with Crippen LogP contribution in [0, 0.1) is 5.82 Å². The van der Waals surface area contributed by atoms with Crippen molar-refractivity contribution in [2.75, 3.05) is 19.6 Å². The minimum Gasteiger partial charge on any atom is -0.497 e. The van der Waals surface area contributed by atoms with Crippen molar-refractivity contribution in [2.24, 2.45) is 0 Å². The average Bonchev–Trinajstić information content (AvgIpc) is 3.03. The van der Waals surface area contributed by atoms with Crippen molar-refractivity contribution in [1.29, 1.82) is 0 Å². The van der Waals surface area contributed by atoms with Gasteiger partial charge in [0.15, 0.2) is 11.6 Å². The maximum Gasteiger partial charge on any atom is 0.318 e. The van der Waals surface area contributed by atoms with Crippen molar-refractivity contribution < 1.29 is 18.7 Å². The zero-order valence-electron chi connectivity index (χ0n) is 12.8. The number of benzene rings is 1. The van der Waals surface area contributed by atoms with E-state index in [-0.39, 0.29) is 11.8 Å². The lowest BCUT2D eigenvalue weighted by molar-refractivity contribution is 0.0966. The highest BCUT2D eigenvalue weighted by molar-refractivity contribution is 7.20. The summed E-state index contributed by atoms with van der Waals surface area (Å²) in [7, 11) is 2.94. The van der Waals surface area contributed by atoms with Gasteiger partial charge in [-0.3, -0.25) is 15.6 Å². The SMILES string of the molecule is COc1ccc2sc(C(=O)NNc3nc(OC)ncc3F)cc2c1. The van der Waals surface area contributed by atoms with Crippen LogP contribution < -0.4 is 20.3 Å². The Balaban J connectivity index is 1.75. The van der Waals surface area contributed by atoms with E-state index in [9.17, 15) is 9.18 Å². The van der Waals surface area contributed by atoms with Crippen LogP contribution in [-0.2, 0) is 0 Å². The van der Waals surface area contributed by atoms with E-state index in [0.717, 1.165) is 16.3 Å². The van der Waals surface area contributed by atoms with E-state index in [2.05, 4.69) is 20.8 Å². The molecule has 0 atom stereocenters. The van der Waals surface area contributed by atoms with Crippen LogP contribution in [0.25, 0.3) is 10.1 Å². The van der Waals surface area contributed by atoms with E-state index in [0.29, 0.717) is 10.6 Å². The molecular weight excluding hydrogens is 335 g/mol. The molecule has 2 heterocycles. The molecular formula is C15H13FN4O3S. The molecule has 0 unspecified atom stereocenters. The summed E-state index contributed by atoms with van der Waals surface area (Å²) >= 11 is 1.31. The minimum absolute atomic E-state index is 0.0119. The quantitative estimate of drug-likeness (QED) is 0.690. The highest BCUT2D eigenvalue weighted by Crippen LogP contribution is 2.28. The molecule has 0 saturated carbocycles. The number of rotatable bonds is 5. The highest BCUT2D eigenvalue weighted by atomic mass is 32.1. The molecule has 24 heavy (non-hydrogen) atoms. The number of nitrogens with one attached hydrogen (secondary N) is 2. The fraction of sp³-hybridized carbons (Fsp3) is 0.133. The molecule has 0 spiro atoms. The Kier molecular flexibility index (Phi) is 4.43.